The Labute approximate surface area is 106 Å². The van der Waals surface area contributed by atoms with E-state index in [0.29, 0.717) is 5.56 Å². The van der Waals surface area contributed by atoms with Crippen LogP contribution in [-0.2, 0) is 19.8 Å². The Bertz CT molecular complexity index is 426. The van der Waals surface area contributed by atoms with Crippen molar-refractivity contribution in [2.45, 2.75) is 6.16 Å². The van der Waals surface area contributed by atoms with Crippen LogP contribution in [-0.4, -0.2) is 33.5 Å². The van der Waals surface area contributed by atoms with E-state index in [4.69, 9.17) is 18.5 Å². The number of methoxy groups -OCH3 is 2. The molecule has 0 radical (unpaired) electrons. The van der Waals surface area contributed by atoms with Crippen molar-refractivity contribution >= 4 is 7.60 Å². The molecular weight excluding hydrogens is 259 g/mol. The molecule has 0 atom stereocenters. The molecule has 6 nitrogen and oxygen atoms in total. The van der Waals surface area contributed by atoms with E-state index in [-0.39, 0.29) is 23.4 Å². The van der Waals surface area contributed by atoms with Crippen molar-refractivity contribution in [2.24, 2.45) is 0 Å². The molecule has 1 N–H and O–H groups in total. The summed E-state index contributed by atoms with van der Waals surface area (Å²) in [5.41, 5.74) is 0.619. The SMILES string of the molecule is COc1cc(CP(=O)(OC)OC)cc(OC)c1O. The molecule has 0 saturated heterocycles. The van der Waals surface area contributed by atoms with Crippen LogP contribution < -0.4 is 9.47 Å². The maximum Gasteiger partial charge on any atom is 0.334 e. The molecule has 0 aliphatic carbocycles. The number of benzene rings is 1. The van der Waals surface area contributed by atoms with Gasteiger partial charge in [0.05, 0.1) is 20.4 Å². The molecular formula is C11H17O6P. The quantitative estimate of drug-likeness (QED) is 0.804. The zero-order valence-electron chi connectivity index (χ0n) is 10.8. The third kappa shape index (κ3) is 3.16. The summed E-state index contributed by atoms with van der Waals surface area (Å²) >= 11 is 0. The number of ether oxygens (including phenoxy) is 2. The van der Waals surface area contributed by atoms with Crippen LogP contribution in [0.5, 0.6) is 17.2 Å². The van der Waals surface area contributed by atoms with Gasteiger partial charge in [0.15, 0.2) is 11.5 Å². The van der Waals surface area contributed by atoms with Gasteiger partial charge in [-0.05, 0) is 17.7 Å². The minimum Gasteiger partial charge on any atom is -0.502 e. The summed E-state index contributed by atoms with van der Waals surface area (Å²) in [6.07, 6.45) is 0.0625. The van der Waals surface area contributed by atoms with Crippen molar-refractivity contribution in [1.82, 2.24) is 0 Å². The second-order valence-electron chi connectivity index (χ2n) is 3.48. The van der Waals surface area contributed by atoms with E-state index in [9.17, 15) is 9.67 Å². The van der Waals surface area contributed by atoms with E-state index in [0.717, 1.165) is 0 Å². The van der Waals surface area contributed by atoms with Crippen molar-refractivity contribution in [2.75, 3.05) is 28.4 Å². The first-order valence-corrected chi connectivity index (χ1v) is 6.86. The van der Waals surface area contributed by atoms with Crippen molar-refractivity contribution in [1.29, 1.82) is 0 Å². The Balaban J connectivity index is 3.14. The molecule has 0 saturated carbocycles. The summed E-state index contributed by atoms with van der Waals surface area (Å²) in [5, 5.41) is 9.74. The minimum atomic E-state index is -3.17. The van der Waals surface area contributed by atoms with Crippen molar-refractivity contribution < 1.29 is 28.2 Å². The molecule has 0 heterocycles. The van der Waals surface area contributed by atoms with E-state index >= 15 is 0 Å². The highest BCUT2D eigenvalue weighted by Gasteiger charge is 2.23. The molecule has 0 amide bonds. The summed E-state index contributed by atoms with van der Waals surface area (Å²) in [6, 6.07) is 3.12. The van der Waals surface area contributed by atoms with Gasteiger partial charge in [-0.1, -0.05) is 0 Å². The van der Waals surface area contributed by atoms with E-state index in [2.05, 4.69) is 0 Å². The molecule has 1 rings (SSSR count). The number of phenolic OH excluding ortho intramolecular Hbond substituents is 1. The van der Waals surface area contributed by atoms with E-state index < -0.39 is 7.60 Å². The van der Waals surface area contributed by atoms with Crippen LogP contribution in [0.1, 0.15) is 5.56 Å². The molecule has 0 aromatic heterocycles. The summed E-state index contributed by atoms with van der Waals surface area (Å²) in [6.45, 7) is 0. The lowest BCUT2D eigenvalue weighted by Crippen LogP contribution is -1.96. The number of hydrogen-bond acceptors (Lipinski definition) is 6. The fourth-order valence-corrected chi connectivity index (χ4v) is 2.50. The lowest BCUT2D eigenvalue weighted by molar-refractivity contribution is 0.274. The second kappa shape index (κ2) is 6.09. The number of rotatable bonds is 6. The summed E-state index contributed by atoms with van der Waals surface area (Å²) in [4.78, 5) is 0. The normalized spacial score (nSPS) is 11.3. The van der Waals surface area contributed by atoms with Gasteiger partial charge in [-0.3, -0.25) is 4.57 Å². The first kappa shape index (κ1) is 14.8. The number of hydrogen-bond donors (Lipinski definition) is 1. The Morgan fingerprint density at radius 2 is 1.50 bits per heavy atom. The highest BCUT2D eigenvalue weighted by atomic mass is 31.2. The Morgan fingerprint density at radius 3 is 1.83 bits per heavy atom. The van der Waals surface area contributed by atoms with Gasteiger partial charge in [0.25, 0.3) is 0 Å². The first-order chi connectivity index (χ1) is 8.49. The third-order valence-corrected chi connectivity index (χ3v) is 4.34. The van der Waals surface area contributed by atoms with Gasteiger partial charge in [0, 0.05) is 14.2 Å². The zero-order chi connectivity index (χ0) is 13.8. The molecule has 0 fully saturated rings. The average molecular weight is 276 g/mol. The van der Waals surface area contributed by atoms with E-state index in [1.54, 1.807) is 12.1 Å². The van der Waals surface area contributed by atoms with Crippen LogP contribution in [0, 0.1) is 0 Å². The highest BCUT2D eigenvalue weighted by Crippen LogP contribution is 2.51. The molecule has 0 unspecified atom stereocenters. The maximum absolute atomic E-state index is 12.0. The van der Waals surface area contributed by atoms with Crippen LogP contribution in [0.4, 0.5) is 0 Å². The summed E-state index contributed by atoms with van der Waals surface area (Å²) in [7, 11) is 2.31. The molecule has 0 aliphatic rings. The molecule has 7 heteroatoms. The summed E-state index contributed by atoms with van der Waals surface area (Å²) in [5.74, 6) is 0.375. The molecule has 1 aromatic carbocycles. The molecule has 102 valence electrons. The molecule has 1 aromatic rings. The summed E-state index contributed by atoms with van der Waals surface area (Å²) < 4.78 is 31.7. The fourth-order valence-electron chi connectivity index (χ4n) is 1.47. The monoisotopic (exact) mass is 276 g/mol. The predicted molar refractivity (Wildman–Crippen MR) is 66.5 cm³/mol. The fraction of sp³-hybridized carbons (Fsp3) is 0.455. The van der Waals surface area contributed by atoms with Gasteiger partial charge in [0.2, 0.25) is 5.75 Å². The van der Waals surface area contributed by atoms with E-state index in [1.807, 2.05) is 0 Å². The Morgan fingerprint density at radius 1 is 1.06 bits per heavy atom. The van der Waals surface area contributed by atoms with Gasteiger partial charge in [-0.25, -0.2) is 0 Å². The van der Waals surface area contributed by atoms with Gasteiger partial charge in [-0.15, -0.1) is 0 Å². The maximum atomic E-state index is 12.0. The third-order valence-electron chi connectivity index (χ3n) is 2.47. The Hall–Kier alpha value is -1.23. The zero-order valence-corrected chi connectivity index (χ0v) is 11.7. The van der Waals surface area contributed by atoms with Crippen molar-refractivity contribution in [3.05, 3.63) is 17.7 Å². The topological polar surface area (TPSA) is 74.2 Å². The molecule has 18 heavy (non-hydrogen) atoms. The second-order valence-corrected chi connectivity index (χ2v) is 5.75. The Kier molecular flexibility index (Phi) is 5.02. The van der Waals surface area contributed by atoms with Gasteiger partial charge in [-0.2, -0.15) is 0 Å². The molecule has 0 aliphatic heterocycles. The predicted octanol–water partition coefficient (Wildman–Crippen LogP) is 2.40. The largest absolute Gasteiger partial charge is 0.502 e. The van der Waals surface area contributed by atoms with Crippen LogP contribution in [0.25, 0.3) is 0 Å². The molecule has 0 bridgehead atoms. The van der Waals surface area contributed by atoms with E-state index in [1.165, 1.54) is 28.4 Å². The average Bonchev–Trinajstić information content (AvgIpc) is 2.40. The lowest BCUT2D eigenvalue weighted by Gasteiger charge is -2.15. The van der Waals surface area contributed by atoms with Gasteiger partial charge in [0.1, 0.15) is 0 Å². The lowest BCUT2D eigenvalue weighted by atomic mass is 10.2. The smallest absolute Gasteiger partial charge is 0.334 e. The number of aromatic hydroxyl groups is 1. The number of phenols is 1. The van der Waals surface area contributed by atoms with Crippen LogP contribution in [0.15, 0.2) is 12.1 Å². The minimum absolute atomic E-state index is 0.0625. The first-order valence-electron chi connectivity index (χ1n) is 5.14. The highest BCUT2D eigenvalue weighted by molar-refractivity contribution is 7.52. The van der Waals surface area contributed by atoms with Crippen molar-refractivity contribution in [3.63, 3.8) is 0 Å². The standard InChI is InChI=1S/C11H17O6P/c1-14-9-5-8(6-10(15-2)11(9)12)7-18(13,16-3)17-4/h5-6,12H,7H2,1-4H3. The van der Waals surface area contributed by atoms with Crippen molar-refractivity contribution in [3.8, 4) is 17.2 Å². The van der Waals surface area contributed by atoms with Gasteiger partial charge >= 0.3 is 7.60 Å². The van der Waals surface area contributed by atoms with Gasteiger partial charge < -0.3 is 23.6 Å². The van der Waals surface area contributed by atoms with Crippen LogP contribution in [0.3, 0.4) is 0 Å². The van der Waals surface area contributed by atoms with Crippen LogP contribution in [0.2, 0.25) is 0 Å². The molecule has 0 spiro atoms. The van der Waals surface area contributed by atoms with Crippen LogP contribution >= 0.6 is 7.60 Å².